The largest absolute Gasteiger partial charge is 0.463 e. The molecule has 1 aliphatic rings. The zero-order chi connectivity index (χ0) is 7.40. The van der Waals surface area contributed by atoms with E-state index in [9.17, 15) is 4.79 Å². The van der Waals surface area contributed by atoms with Gasteiger partial charge in [-0.15, -0.1) is 11.8 Å². The first-order chi connectivity index (χ1) is 4.84. The van der Waals surface area contributed by atoms with Crippen LogP contribution in [0.5, 0.6) is 0 Å². The first-order valence-electron chi connectivity index (χ1n) is 3.32. The SMILES string of the molecule is CCOC(=O)C1=CSCC1. The Balaban J connectivity index is 2.40. The lowest BCUT2D eigenvalue weighted by atomic mass is 10.2. The van der Waals surface area contributed by atoms with Crippen LogP contribution in [0.2, 0.25) is 0 Å². The van der Waals surface area contributed by atoms with E-state index in [0.717, 1.165) is 17.7 Å². The standard InChI is InChI=1S/C7H10O2S/c1-2-9-7(8)6-3-4-10-5-6/h5H,2-4H2,1H3. The molecule has 1 rings (SSSR count). The van der Waals surface area contributed by atoms with Gasteiger partial charge in [0.05, 0.1) is 6.61 Å². The summed E-state index contributed by atoms with van der Waals surface area (Å²) in [6.07, 6.45) is 0.865. The Morgan fingerprint density at radius 1 is 1.90 bits per heavy atom. The summed E-state index contributed by atoms with van der Waals surface area (Å²) in [5, 5.41) is 1.89. The van der Waals surface area contributed by atoms with Crippen LogP contribution in [0.25, 0.3) is 0 Å². The quantitative estimate of drug-likeness (QED) is 0.571. The Morgan fingerprint density at radius 3 is 3.20 bits per heavy atom. The molecular weight excluding hydrogens is 148 g/mol. The predicted molar refractivity (Wildman–Crippen MR) is 41.8 cm³/mol. The van der Waals surface area contributed by atoms with Gasteiger partial charge in [0.1, 0.15) is 0 Å². The highest BCUT2D eigenvalue weighted by molar-refractivity contribution is 8.02. The van der Waals surface area contributed by atoms with E-state index >= 15 is 0 Å². The molecule has 0 bridgehead atoms. The molecular formula is C7H10O2S. The Kier molecular flexibility index (Phi) is 2.81. The molecule has 56 valence electrons. The second-order valence-electron chi connectivity index (χ2n) is 1.98. The molecule has 1 heterocycles. The summed E-state index contributed by atoms with van der Waals surface area (Å²) in [6.45, 7) is 2.29. The smallest absolute Gasteiger partial charge is 0.334 e. The van der Waals surface area contributed by atoms with Crippen LogP contribution < -0.4 is 0 Å². The number of rotatable bonds is 2. The second-order valence-corrected chi connectivity index (χ2v) is 2.96. The molecule has 2 nitrogen and oxygen atoms in total. The summed E-state index contributed by atoms with van der Waals surface area (Å²) < 4.78 is 4.81. The van der Waals surface area contributed by atoms with Crippen molar-refractivity contribution in [3.05, 3.63) is 11.0 Å². The van der Waals surface area contributed by atoms with Gasteiger partial charge >= 0.3 is 5.97 Å². The number of hydrogen-bond acceptors (Lipinski definition) is 3. The van der Waals surface area contributed by atoms with E-state index in [4.69, 9.17) is 4.74 Å². The maximum atomic E-state index is 10.9. The second kappa shape index (κ2) is 3.66. The molecule has 0 atom stereocenters. The fourth-order valence-electron chi connectivity index (χ4n) is 0.761. The van der Waals surface area contributed by atoms with Gasteiger partial charge in [0.2, 0.25) is 0 Å². The van der Waals surface area contributed by atoms with Crippen LogP contribution in [0.1, 0.15) is 13.3 Å². The lowest BCUT2D eigenvalue weighted by molar-refractivity contribution is -0.138. The van der Waals surface area contributed by atoms with Crippen molar-refractivity contribution in [3.63, 3.8) is 0 Å². The van der Waals surface area contributed by atoms with Crippen molar-refractivity contribution < 1.29 is 9.53 Å². The Hall–Kier alpha value is -0.440. The Morgan fingerprint density at radius 2 is 2.70 bits per heavy atom. The lowest BCUT2D eigenvalue weighted by Gasteiger charge is -1.99. The first-order valence-corrected chi connectivity index (χ1v) is 4.37. The molecule has 0 fully saturated rings. The van der Waals surface area contributed by atoms with Crippen LogP contribution in [-0.2, 0) is 9.53 Å². The molecule has 0 aromatic heterocycles. The molecule has 0 amide bonds. The van der Waals surface area contributed by atoms with Crippen molar-refractivity contribution in [2.75, 3.05) is 12.4 Å². The van der Waals surface area contributed by atoms with Gasteiger partial charge in [0.25, 0.3) is 0 Å². The number of esters is 1. The van der Waals surface area contributed by atoms with Gasteiger partial charge in [-0.3, -0.25) is 0 Å². The molecule has 0 spiro atoms. The van der Waals surface area contributed by atoms with Gasteiger partial charge in [-0.25, -0.2) is 4.79 Å². The van der Waals surface area contributed by atoms with Gasteiger partial charge in [-0.1, -0.05) is 0 Å². The van der Waals surface area contributed by atoms with Crippen molar-refractivity contribution in [2.45, 2.75) is 13.3 Å². The maximum Gasteiger partial charge on any atom is 0.334 e. The summed E-state index contributed by atoms with van der Waals surface area (Å²) in [7, 11) is 0. The number of hydrogen-bond donors (Lipinski definition) is 0. The van der Waals surface area contributed by atoms with Crippen LogP contribution in [0.4, 0.5) is 0 Å². The van der Waals surface area contributed by atoms with Crippen molar-refractivity contribution in [1.29, 1.82) is 0 Å². The monoisotopic (exact) mass is 158 g/mol. The minimum atomic E-state index is -0.146. The number of carbonyl (C=O) groups is 1. The Bertz CT molecular complexity index is 163. The summed E-state index contributed by atoms with van der Waals surface area (Å²) >= 11 is 1.67. The average Bonchev–Trinajstić information content (AvgIpc) is 2.38. The number of ether oxygens (including phenoxy) is 1. The summed E-state index contributed by atoms with van der Waals surface area (Å²) in [5.74, 6) is 0.876. The van der Waals surface area contributed by atoms with E-state index in [1.165, 1.54) is 0 Å². The van der Waals surface area contributed by atoms with Crippen LogP contribution in [0.3, 0.4) is 0 Å². The van der Waals surface area contributed by atoms with E-state index in [2.05, 4.69) is 0 Å². The molecule has 0 aliphatic carbocycles. The molecule has 0 aromatic rings. The van der Waals surface area contributed by atoms with Gasteiger partial charge in [0, 0.05) is 11.3 Å². The highest BCUT2D eigenvalue weighted by atomic mass is 32.2. The fourth-order valence-corrected chi connectivity index (χ4v) is 1.63. The van der Waals surface area contributed by atoms with Crippen LogP contribution in [-0.4, -0.2) is 18.3 Å². The molecule has 0 saturated carbocycles. The van der Waals surface area contributed by atoms with Gasteiger partial charge < -0.3 is 4.74 Å². The van der Waals surface area contributed by atoms with Gasteiger partial charge in [-0.05, 0) is 18.8 Å². The first kappa shape index (κ1) is 7.66. The highest BCUT2D eigenvalue weighted by Crippen LogP contribution is 2.22. The third kappa shape index (κ3) is 1.77. The van der Waals surface area contributed by atoms with Crippen LogP contribution in [0, 0.1) is 0 Å². The molecule has 0 saturated heterocycles. The zero-order valence-corrected chi connectivity index (χ0v) is 6.74. The molecule has 0 radical (unpaired) electrons. The maximum absolute atomic E-state index is 10.9. The van der Waals surface area contributed by atoms with Crippen molar-refractivity contribution in [2.24, 2.45) is 0 Å². The van der Waals surface area contributed by atoms with Crippen LogP contribution >= 0.6 is 11.8 Å². The number of thioether (sulfide) groups is 1. The normalized spacial score (nSPS) is 16.7. The summed E-state index contributed by atoms with van der Waals surface area (Å²) in [4.78, 5) is 10.9. The van der Waals surface area contributed by atoms with Crippen molar-refractivity contribution in [3.8, 4) is 0 Å². The van der Waals surface area contributed by atoms with E-state index in [1.54, 1.807) is 11.8 Å². The Labute approximate surface area is 64.6 Å². The molecule has 1 aliphatic heterocycles. The van der Waals surface area contributed by atoms with E-state index in [-0.39, 0.29) is 5.97 Å². The number of carbonyl (C=O) groups excluding carboxylic acids is 1. The summed E-state index contributed by atoms with van der Waals surface area (Å²) in [5.41, 5.74) is 0.826. The minimum absolute atomic E-state index is 0.146. The summed E-state index contributed by atoms with van der Waals surface area (Å²) in [6, 6.07) is 0. The van der Waals surface area contributed by atoms with Crippen molar-refractivity contribution in [1.82, 2.24) is 0 Å². The van der Waals surface area contributed by atoms with Gasteiger partial charge in [-0.2, -0.15) is 0 Å². The lowest BCUT2D eigenvalue weighted by Crippen LogP contribution is -2.05. The van der Waals surface area contributed by atoms with Crippen LogP contribution in [0.15, 0.2) is 11.0 Å². The molecule has 0 unspecified atom stereocenters. The predicted octanol–water partition coefficient (Wildman–Crippen LogP) is 1.57. The van der Waals surface area contributed by atoms with E-state index < -0.39 is 0 Å². The minimum Gasteiger partial charge on any atom is -0.463 e. The van der Waals surface area contributed by atoms with E-state index in [0.29, 0.717) is 6.61 Å². The zero-order valence-electron chi connectivity index (χ0n) is 5.92. The van der Waals surface area contributed by atoms with Gasteiger partial charge in [0.15, 0.2) is 0 Å². The third-order valence-electron chi connectivity index (χ3n) is 1.25. The van der Waals surface area contributed by atoms with E-state index in [1.807, 2.05) is 12.3 Å². The van der Waals surface area contributed by atoms with Crippen molar-refractivity contribution >= 4 is 17.7 Å². The third-order valence-corrected chi connectivity index (χ3v) is 2.14. The molecule has 0 N–H and O–H groups in total. The molecule has 3 heteroatoms. The average molecular weight is 158 g/mol. The highest BCUT2D eigenvalue weighted by Gasteiger charge is 2.13. The molecule has 10 heavy (non-hydrogen) atoms. The molecule has 0 aromatic carbocycles. The fraction of sp³-hybridized carbons (Fsp3) is 0.571. The topological polar surface area (TPSA) is 26.3 Å².